The van der Waals surface area contributed by atoms with Gasteiger partial charge < -0.3 is 41.7 Å². The van der Waals surface area contributed by atoms with E-state index in [9.17, 15) is 38.3 Å². The Hall–Kier alpha value is -6.20. The highest BCUT2D eigenvalue weighted by Crippen LogP contribution is 2.29. The first-order chi connectivity index (χ1) is 31.0. The molecule has 1 fully saturated rings. The molecule has 348 valence electrons. The van der Waals surface area contributed by atoms with Crippen molar-refractivity contribution < 1.29 is 43.0 Å². The Bertz CT molecular complexity index is 2280. The molecule has 3 atom stereocenters. The van der Waals surface area contributed by atoms with Gasteiger partial charge in [-0.3, -0.25) is 24.0 Å². The van der Waals surface area contributed by atoms with Gasteiger partial charge in [0.15, 0.2) is 5.75 Å². The first-order valence-corrected chi connectivity index (χ1v) is 22.9. The summed E-state index contributed by atoms with van der Waals surface area (Å²) in [5, 5.41) is 21.8. The number of aliphatic hydroxyl groups excluding tert-OH is 1. The molecular weight excluding hydrogens is 854 g/mol. The van der Waals surface area contributed by atoms with Gasteiger partial charge in [-0.15, -0.1) is 11.3 Å². The minimum absolute atomic E-state index is 0.0108. The van der Waals surface area contributed by atoms with Crippen LogP contribution in [-0.4, -0.2) is 75.4 Å². The second kappa shape index (κ2) is 23.6. The number of nitrogens with zero attached hydrogens (tertiary/aromatic N) is 2. The highest BCUT2D eigenvalue weighted by Gasteiger charge is 2.44. The summed E-state index contributed by atoms with van der Waals surface area (Å²) in [5.74, 6) is -2.56. The Kier molecular flexibility index (Phi) is 18.1. The number of rotatable bonds is 21. The molecular formula is C48H60FN7O8S. The number of ether oxygens (including phenoxy) is 1. The molecule has 4 aromatic rings. The topological polar surface area (TPSA) is 222 Å². The largest absolute Gasteiger partial charge is 0.410 e. The number of benzene rings is 3. The molecule has 6 amide bonds. The molecule has 1 saturated heterocycles. The summed E-state index contributed by atoms with van der Waals surface area (Å²) in [4.78, 5) is 83.7. The molecule has 0 saturated carbocycles. The van der Waals surface area contributed by atoms with Gasteiger partial charge in [-0.25, -0.2) is 14.2 Å². The first-order valence-electron chi connectivity index (χ1n) is 22.0. The van der Waals surface area contributed by atoms with Crippen molar-refractivity contribution in [3.8, 4) is 16.2 Å². The number of primary amides is 1. The summed E-state index contributed by atoms with van der Waals surface area (Å²) in [5.41, 5.74) is 9.96. The van der Waals surface area contributed by atoms with Crippen LogP contribution in [0.3, 0.4) is 0 Å². The monoisotopic (exact) mass is 913 g/mol. The molecule has 15 nitrogen and oxygen atoms in total. The van der Waals surface area contributed by atoms with Crippen molar-refractivity contribution in [1.29, 1.82) is 0 Å². The lowest BCUT2D eigenvalue weighted by molar-refractivity contribution is -0.144. The van der Waals surface area contributed by atoms with Gasteiger partial charge in [-0.05, 0) is 72.7 Å². The van der Waals surface area contributed by atoms with Crippen LogP contribution < -0.4 is 31.7 Å². The number of hydrogen-bond acceptors (Lipinski definition) is 10. The van der Waals surface area contributed by atoms with Gasteiger partial charge in [0.25, 0.3) is 5.91 Å². The summed E-state index contributed by atoms with van der Waals surface area (Å²) < 4.78 is 18.4. The van der Waals surface area contributed by atoms with Crippen LogP contribution in [0.4, 0.5) is 20.6 Å². The van der Waals surface area contributed by atoms with Gasteiger partial charge in [-0.1, -0.05) is 83.6 Å². The number of likely N-dealkylation sites (tertiary alicyclic amines) is 1. The van der Waals surface area contributed by atoms with Crippen molar-refractivity contribution >= 4 is 58.3 Å². The van der Waals surface area contributed by atoms with E-state index in [0.717, 1.165) is 78.8 Å². The molecule has 17 heteroatoms. The fourth-order valence-electron chi connectivity index (χ4n) is 7.56. The number of unbranched alkanes of at least 4 members (excludes halogenated alkanes) is 7. The number of nitrogens with one attached hydrogen (secondary N) is 4. The molecule has 0 spiro atoms. The van der Waals surface area contributed by atoms with Crippen molar-refractivity contribution in [2.75, 3.05) is 17.2 Å². The Morgan fingerprint density at radius 3 is 2.11 bits per heavy atom. The number of carbonyl (C=O) groups excluding carboxylic acids is 6. The van der Waals surface area contributed by atoms with Gasteiger partial charge in [0.2, 0.25) is 23.6 Å². The molecule has 1 aliphatic heterocycles. The molecule has 7 N–H and O–H groups in total. The van der Waals surface area contributed by atoms with E-state index in [-0.39, 0.29) is 66.6 Å². The van der Waals surface area contributed by atoms with Crippen LogP contribution in [0.25, 0.3) is 10.4 Å². The fraction of sp³-hybridized carbons (Fsp3) is 0.438. The number of hydrogen-bond donors (Lipinski definition) is 6. The summed E-state index contributed by atoms with van der Waals surface area (Å²) >= 11 is 1.57. The van der Waals surface area contributed by atoms with E-state index in [1.165, 1.54) is 23.1 Å². The third-order valence-electron chi connectivity index (χ3n) is 11.1. The molecule has 0 radical (unpaired) electrons. The number of carbonyl (C=O) groups is 6. The summed E-state index contributed by atoms with van der Waals surface area (Å²) in [7, 11) is 0. The van der Waals surface area contributed by atoms with E-state index in [1.54, 1.807) is 23.5 Å². The van der Waals surface area contributed by atoms with Crippen molar-refractivity contribution in [3.05, 3.63) is 94.9 Å². The number of β-amino-alcohol motifs (C(OH)–C–C–N with tert-alkyl or cyclic N) is 1. The lowest BCUT2D eigenvalue weighted by Gasteiger charge is -2.35. The standard InChI is InChI=1S/C48H60FN7O8S/c1-30-42(65-29-52-30)32-17-15-31(16-18-32)27-51-45(61)38-26-36(57)28-56(38)46(62)43(48(2,3)4)55-41(59)14-12-10-8-6-5-7-9-11-13-40(58)53-35-22-19-33(20-23-35)44(60)54-37-24-21-34(49)25-39(37)64-47(50)63/h15-25,29,36,38,43,57H,5-14,26-28H2,1-4H3,(H2,50,63)(H,51,61)(H,53,58)(H,54,60)(H,55,59)/t36-,38+,43-/m1/s1. The van der Waals surface area contributed by atoms with Crippen molar-refractivity contribution in [2.24, 2.45) is 11.1 Å². The third-order valence-corrected chi connectivity index (χ3v) is 12.1. The molecule has 1 aliphatic rings. The fourth-order valence-corrected chi connectivity index (χ4v) is 8.37. The van der Waals surface area contributed by atoms with Crippen LogP contribution in [0.5, 0.6) is 5.75 Å². The predicted octanol–water partition coefficient (Wildman–Crippen LogP) is 7.62. The number of thiazole rings is 1. The molecule has 0 bridgehead atoms. The van der Waals surface area contributed by atoms with Crippen LogP contribution >= 0.6 is 11.3 Å². The molecule has 5 rings (SSSR count). The predicted molar refractivity (Wildman–Crippen MR) is 247 cm³/mol. The van der Waals surface area contributed by atoms with E-state index < -0.39 is 41.4 Å². The van der Waals surface area contributed by atoms with Crippen molar-refractivity contribution in [1.82, 2.24) is 20.5 Å². The van der Waals surface area contributed by atoms with E-state index in [2.05, 4.69) is 26.3 Å². The zero-order valence-electron chi connectivity index (χ0n) is 37.4. The molecule has 2 heterocycles. The lowest BCUT2D eigenvalue weighted by atomic mass is 9.85. The maximum atomic E-state index is 14.0. The Morgan fingerprint density at radius 2 is 1.51 bits per heavy atom. The van der Waals surface area contributed by atoms with Crippen LogP contribution in [0.2, 0.25) is 0 Å². The molecule has 3 aromatic carbocycles. The van der Waals surface area contributed by atoms with Crippen LogP contribution in [0.1, 0.15) is 113 Å². The first kappa shape index (κ1) is 49.8. The number of halogens is 1. The second-order valence-corrected chi connectivity index (χ2v) is 18.3. The molecule has 0 unspecified atom stereocenters. The van der Waals surface area contributed by atoms with Gasteiger partial charge in [0, 0.05) is 49.7 Å². The minimum atomic E-state index is -1.15. The van der Waals surface area contributed by atoms with Gasteiger partial charge in [0.05, 0.1) is 27.9 Å². The number of aryl methyl sites for hydroxylation is 1. The van der Waals surface area contributed by atoms with E-state index in [0.29, 0.717) is 18.5 Å². The smallest absolute Gasteiger partial charge is 0.408 e. The normalized spacial score (nSPS) is 15.2. The minimum Gasteiger partial charge on any atom is -0.408 e. The van der Waals surface area contributed by atoms with Crippen LogP contribution in [-0.2, 0) is 25.7 Å². The highest BCUT2D eigenvalue weighted by atomic mass is 32.1. The van der Waals surface area contributed by atoms with Gasteiger partial charge >= 0.3 is 6.09 Å². The average molecular weight is 914 g/mol. The van der Waals surface area contributed by atoms with E-state index in [1.807, 2.05) is 57.5 Å². The number of anilines is 2. The number of nitrogens with two attached hydrogens (primary N) is 1. The average Bonchev–Trinajstić information content (AvgIpc) is 3.88. The maximum Gasteiger partial charge on any atom is 0.410 e. The SMILES string of the molecule is Cc1ncsc1-c1ccc(CNC(=O)[C@@H]2C[C@@H](O)CN2C(=O)[C@@H](NC(=O)CCCCCCCCCCC(=O)Nc2ccc(C(=O)Nc3ccc(F)cc3OC(N)=O)cc2)C(C)(C)C)cc1. The number of aromatic nitrogens is 1. The summed E-state index contributed by atoms with van der Waals surface area (Å²) in [6, 6.07) is 15.6. The van der Waals surface area contributed by atoms with Crippen molar-refractivity contribution in [3.63, 3.8) is 0 Å². The zero-order chi connectivity index (χ0) is 47.1. The maximum absolute atomic E-state index is 14.0. The van der Waals surface area contributed by atoms with E-state index >= 15 is 0 Å². The number of aliphatic hydroxyl groups is 1. The lowest BCUT2D eigenvalue weighted by Crippen LogP contribution is -2.57. The van der Waals surface area contributed by atoms with E-state index in [4.69, 9.17) is 10.5 Å². The second-order valence-electron chi connectivity index (χ2n) is 17.4. The van der Waals surface area contributed by atoms with Crippen molar-refractivity contribution in [2.45, 2.75) is 123 Å². The third kappa shape index (κ3) is 15.2. The Labute approximate surface area is 383 Å². The van der Waals surface area contributed by atoms with Crippen LogP contribution in [0, 0.1) is 18.2 Å². The highest BCUT2D eigenvalue weighted by molar-refractivity contribution is 7.13. The quantitative estimate of drug-likeness (QED) is 0.0452. The van der Waals surface area contributed by atoms with Crippen LogP contribution in [0.15, 0.2) is 72.2 Å². The Balaban J connectivity index is 0.945. The zero-order valence-corrected chi connectivity index (χ0v) is 38.2. The summed E-state index contributed by atoms with van der Waals surface area (Å²) in [6.45, 7) is 7.84. The molecule has 65 heavy (non-hydrogen) atoms. The van der Waals surface area contributed by atoms with Gasteiger partial charge in [0.1, 0.15) is 17.9 Å². The summed E-state index contributed by atoms with van der Waals surface area (Å²) in [6.07, 6.45) is 5.78. The number of amides is 6. The molecule has 1 aromatic heterocycles. The van der Waals surface area contributed by atoms with Gasteiger partial charge in [-0.2, -0.15) is 0 Å². The molecule has 0 aliphatic carbocycles. The Morgan fingerprint density at radius 1 is 0.877 bits per heavy atom.